The lowest BCUT2D eigenvalue weighted by Crippen LogP contribution is -2.46. The zero-order chi connectivity index (χ0) is 13.1. The van der Waals surface area contributed by atoms with Gasteiger partial charge in [0.2, 0.25) is 5.91 Å². The average Bonchev–Trinajstić information content (AvgIpc) is 3.12. The molecule has 1 aromatic rings. The highest BCUT2D eigenvalue weighted by Gasteiger charge is 2.42. The number of thioether (sulfide) groups is 1. The predicted octanol–water partition coefficient (Wildman–Crippen LogP) is 3.17. The second-order valence-electron chi connectivity index (χ2n) is 5.11. The molecule has 0 saturated heterocycles. The molecule has 2 heterocycles. The van der Waals surface area contributed by atoms with Gasteiger partial charge >= 0.3 is 0 Å². The molecule has 102 valence electrons. The Labute approximate surface area is 121 Å². The minimum atomic E-state index is -0.307. The molecule has 0 bridgehead atoms. The van der Waals surface area contributed by atoms with Gasteiger partial charge < -0.3 is 5.32 Å². The van der Waals surface area contributed by atoms with Crippen LogP contribution in [0.3, 0.4) is 0 Å². The van der Waals surface area contributed by atoms with E-state index >= 15 is 0 Å². The quantitative estimate of drug-likeness (QED) is 0.910. The molecule has 3 rings (SSSR count). The van der Waals surface area contributed by atoms with Crippen LogP contribution in [0.1, 0.15) is 37.0 Å². The fraction of sp³-hybridized carbons (Fsp3) is 0.571. The Balaban J connectivity index is 1.84. The number of rotatable bonds is 2. The normalized spacial score (nSPS) is 22.0. The van der Waals surface area contributed by atoms with Gasteiger partial charge in [-0.15, -0.1) is 11.3 Å². The van der Waals surface area contributed by atoms with Gasteiger partial charge in [0.15, 0.2) is 5.17 Å². The maximum absolute atomic E-state index is 12.8. The molecule has 1 saturated carbocycles. The first-order chi connectivity index (χ1) is 9.31. The van der Waals surface area contributed by atoms with E-state index in [4.69, 9.17) is 0 Å². The smallest absolute Gasteiger partial charge is 0.237 e. The molecule has 2 aliphatic rings. The van der Waals surface area contributed by atoms with Crippen molar-refractivity contribution in [3.63, 3.8) is 0 Å². The standard InChI is InChI=1S/C14H18N2OS2/c17-12(16-13-15-8-10-19-13)14(6-2-1-3-7-14)11-5-4-9-18-11/h4-5,9H,1-3,6-8,10H2,(H,15,16,17). The van der Waals surface area contributed by atoms with Gasteiger partial charge in [0.05, 0.1) is 12.0 Å². The Morgan fingerprint density at radius 2 is 2.16 bits per heavy atom. The SMILES string of the molecule is O=C(NC1=NCCS1)C1(c2cccs2)CCCCC1. The first kappa shape index (κ1) is 13.2. The molecule has 0 atom stereocenters. The van der Waals surface area contributed by atoms with Crippen molar-refractivity contribution in [1.82, 2.24) is 5.32 Å². The van der Waals surface area contributed by atoms with Crippen molar-refractivity contribution in [2.75, 3.05) is 12.3 Å². The van der Waals surface area contributed by atoms with E-state index in [0.29, 0.717) is 0 Å². The van der Waals surface area contributed by atoms with Gasteiger partial charge in [-0.05, 0) is 24.3 Å². The van der Waals surface area contributed by atoms with Gasteiger partial charge in [0.1, 0.15) is 0 Å². The first-order valence-electron chi connectivity index (χ1n) is 6.84. The Morgan fingerprint density at radius 1 is 1.32 bits per heavy atom. The third kappa shape index (κ3) is 2.58. The molecule has 1 aromatic heterocycles. The maximum atomic E-state index is 12.8. The summed E-state index contributed by atoms with van der Waals surface area (Å²) < 4.78 is 0. The Kier molecular flexibility index (Phi) is 3.93. The second kappa shape index (κ2) is 5.67. The number of carbonyl (C=O) groups excluding carboxylic acids is 1. The molecule has 19 heavy (non-hydrogen) atoms. The summed E-state index contributed by atoms with van der Waals surface area (Å²) in [6.45, 7) is 0.826. The molecule has 1 aliphatic heterocycles. The van der Waals surface area contributed by atoms with E-state index < -0.39 is 0 Å². The van der Waals surface area contributed by atoms with E-state index in [1.807, 2.05) is 6.07 Å². The van der Waals surface area contributed by atoms with Gasteiger partial charge in [-0.25, -0.2) is 0 Å². The molecule has 3 nitrogen and oxygen atoms in total. The number of thiophene rings is 1. The largest absolute Gasteiger partial charge is 0.305 e. The minimum absolute atomic E-state index is 0.155. The van der Waals surface area contributed by atoms with Crippen molar-refractivity contribution in [3.8, 4) is 0 Å². The molecule has 1 N–H and O–H groups in total. The highest BCUT2D eigenvalue weighted by Crippen LogP contribution is 2.41. The Morgan fingerprint density at radius 3 is 2.79 bits per heavy atom. The monoisotopic (exact) mass is 294 g/mol. The number of aliphatic imine (C=N–C) groups is 1. The van der Waals surface area contributed by atoms with Crippen molar-refractivity contribution in [2.45, 2.75) is 37.5 Å². The number of nitrogens with zero attached hydrogens (tertiary/aromatic N) is 1. The van der Waals surface area contributed by atoms with E-state index in [1.165, 1.54) is 11.3 Å². The van der Waals surface area contributed by atoms with Crippen LogP contribution in [0.15, 0.2) is 22.5 Å². The van der Waals surface area contributed by atoms with Crippen LogP contribution in [0, 0.1) is 0 Å². The second-order valence-corrected chi connectivity index (χ2v) is 7.14. The highest BCUT2D eigenvalue weighted by atomic mass is 32.2. The van der Waals surface area contributed by atoms with Crippen LogP contribution >= 0.6 is 23.1 Å². The van der Waals surface area contributed by atoms with E-state index in [0.717, 1.165) is 43.1 Å². The van der Waals surface area contributed by atoms with Crippen molar-refractivity contribution >= 4 is 34.2 Å². The number of amides is 1. The summed E-state index contributed by atoms with van der Waals surface area (Å²) in [6.07, 6.45) is 5.47. The Hall–Kier alpha value is -0.810. The third-order valence-electron chi connectivity index (χ3n) is 3.94. The molecule has 0 spiro atoms. The van der Waals surface area contributed by atoms with Gasteiger partial charge in [-0.3, -0.25) is 9.79 Å². The van der Waals surface area contributed by atoms with Crippen LogP contribution in [0.25, 0.3) is 0 Å². The molecule has 0 aromatic carbocycles. The van der Waals surface area contributed by atoms with Crippen LogP contribution < -0.4 is 5.32 Å². The maximum Gasteiger partial charge on any atom is 0.237 e. The number of hydrogen-bond donors (Lipinski definition) is 1. The molecule has 0 radical (unpaired) electrons. The number of carbonyl (C=O) groups is 1. The van der Waals surface area contributed by atoms with E-state index in [1.54, 1.807) is 23.1 Å². The summed E-state index contributed by atoms with van der Waals surface area (Å²) in [5.41, 5.74) is -0.307. The van der Waals surface area contributed by atoms with Crippen LogP contribution in [0.4, 0.5) is 0 Å². The van der Waals surface area contributed by atoms with Crippen molar-refractivity contribution in [1.29, 1.82) is 0 Å². The molecular formula is C14H18N2OS2. The van der Waals surface area contributed by atoms with Crippen molar-refractivity contribution < 1.29 is 4.79 Å². The van der Waals surface area contributed by atoms with Gasteiger partial charge in [0.25, 0.3) is 0 Å². The topological polar surface area (TPSA) is 41.5 Å². The predicted molar refractivity (Wildman–Crippen MR) is 82.0 cm³/mol. The molecule has 1 aliphatic carbocycles. The average molecular weight is 294 g/mol. The van der Waals surface area contributed by atoms with E-state index in [2.05, 4.69) is 21.8 Å². The lowest BCUT2D eigenvalue weighted by molar-refractivity contribution is -0.126. The fourth-order valence-electron chi connectivity index (χ4n) is 2.92. The molecule has 0 unspecified atom stereocenters. The summed E-state index contributed by atoms with van der Waals surface area (Å²) >= 11 is 3.36. The van der Waals surface area contributed by atoms with Crippen LogP contribution in [-0.2, 0) is 10.2 Å². The zero-order valence-electron chi connectivity index (χ0n) is 10.9. The third-order valence-corrected chi connectivity index (χ3v) is 5.91. The summed E-state index contributed by atoms with van der Waals surface area (Å²) in [5.74, 6) is 1.14. The number of hydrogen-bond acceptors (Lipinski definition) is 4. The van der Waals surface area contributed by atoms with Gasteiger partial charge in [0, 0.05) is 10.6 Å². The summed E-state index contributed by atoms with van der Waals surface area (Å²) in [5, 5.41) is 5.94. The first-order valence-corrected chi connectivity index (χ1v) is 8.70. The lowest BCUT2D eigenvalue weighted by atomic mass is 9.72. The van der Waals surface area contributed by atoms with E-state index in [9.17, 15) is 4.79 Å². The summed E-state index contributed by atoms with van der Waals surface area (Å²) in [7, 11) is 0. The molecule has 1 amide bonds. The summed E-state index contributed by atoms with van der Waals surface area (Å²) in [4.78, 5) is 18.3. The fourth-order valence-corrected chi connectivity index (χ4v) is 4.63. The minimum Gasteiger partial charge on any atom is -0.305 e. The highest BCUT2D eigenvalue weighted by molar-refractivity contribution is 8.14. The lowest BCUT2D eigenvalue weighted by Gasteiger charge is -2.35. The van der Waals surface area contributed by atoms with Gasteiger partial charge in [-0.1, -0.05) is 37.1 Å². The zero-order valence-corrected chi connectivity index (χ0v) is 12.5. The van der Waals surface area contributed by atoms with E-state index in [-0.39, 0.29) is 11.3 Å². The van der Waals surface area contributed by atoms with Gasteiger partial charge in [-0.2, -0.15) is 0 Å². The summed E-state index contributed by atoms with van der Waals surface area (Å²) in [6, 6.07) is 4.16. The Bertz CT molecular complexity index is 476. The van der Waals surface area contributed by atoms with Crippen molar-refractivity contribution in [2.24, 2.45) is 4.99 Å². The van der Waals surface area contributed by atoms with Crippen LogP contribution in [-0.4, -0.2) is 23.4 Å². The van der Waals surface area contributed by atoms with Crippen LogP contribution in [0.2, 0.25) is 0 Å². The molecule has 5 heteroatoms. The van der Waals surface area contributed by atoms with Crippen LogP contribution in [0.5, 0.6) is 0 Å². The number of amidine groups is 1. The molecular weight excluding hydrogens is 276 g/mol. The molecule has 1 fully saturated rings. The number of nitrogens with one attached hydrogen (secondary N) is 1. The van der Waals surface area contributed by atoms with Crippen molar-refractivity contribution in [3.05, 3.63) is 22.4 Å².